The average molecular weight is 311 g/mol. The van der Waals surface area contributed by atoms with Gasteiger partial charge in [0.15, 0.2) is 0 Å². The normalized spacial score (nSPS) is 13.9. The number of carbonyl (C=O) groups excluding carboxylic acids is 1. The van der Waals surface area contributed by atoms with E-state index >= 15 is 0 Å². The Morgan fingerprint density at radius 2 is 2.05 bits per heavy atom. The number of hydrogen-bond acceptors (Lipinski definition) is 3. The summed E-state index contributed by atoms with van der Waals surface area (Å²) in [6.45, 7) is 1.82. The molecule has 2 rings (SSSR count). The van der Waals surface area contributed by atoms with Crippen LogP contribution in [0.25, 0.3) is 10.8 Å². The van der Waals surface area contributed by atoms with Crippen molar-refractivity contribution < 1.29 is 9.00 Å². The predicted molar refractivity (Wildman–Crippen MR) is 82.6 cm³/mol. The van der Waals surface area contributed by atoms with Crippen LogP contribution in [0.2, 0.25) is 5.15 Å². The summed E-state index contributed by atoms with van der Waals surface area (Å²) in [6, 6.07) is 7.19. The first-order valence-corrected chi connectivity index (χ1v) is 8.23. The molecule has 0 aliphatic carbocycles. The number of fused-ring (bicyclic) bond motifs is 1. The first-order chi connectivity index (χ1) is 9.49. The number of benzene rings is 1. The Morgan fingerprint density at radius 1 is 1.40 bits per heavy atom. The number of pyridine rings is 1. The summed E-state index contributed by atoms with van der Waals surface area (Å²) < 4.78 is 11.2. The Labute approximate surface area is 125 Å². The zero-order chi connectivity index (χ0) is 14.7. The van der Waals surface area contributed by atoms with Crippen molar-refractivity contribution in [2.75, 3.05) is 12.0 Å². The molecule has 0 aliphatic rings. The van der Waals surface area contributed by atoms with Gasteiger partial charge in [-0.1, -0.05) is 35.9 Å². The van der Waals surface area contributed by atoms with E-state index in [1.54, 1.807) is 6.26 Å². The predicted octanol–water partition coefficient (Wildman–Crippen LogP) is 2.38. The minimum Gasteiger partial charge on any atom is -0.349 e. The lowest BCUT2D eigenvalue weighted by atomic mass is 10.1. The lowest BCUT2D eigenvalue weighted by molar-refractivity contribution is 0.0945. The fourth-order valence-corrected chi connectivity index (χ4v) is 3.04. The molecule has 4 nitrogen and oxygen atoms in total. The summed E-state index contributed by atoms with van der Waals surface area (Å²) in [6.07, 6.45) is 3.08. The van der Waals surface area contributed by atoms with E-state index in [-0.39, 0.29) is 11.9 Å². The van der Waals surface area contributed by atoms with Gasteiger partial charge in [-0.15, -0.1) is 0 Å². The standard InChI is InChI=1S/C14H15ClN2O2S/c1-9(8-20(2)19)17-14(18)12-7-16-13(15)11-6-4-3-5-10(11)12/h3-7,9H,8H2,1-2H3,(H,17,18). The highest BCUT2D eigenvalue weighted by Crippen LogP contribution is 2.24. The molecule has 106 valence electrons. The van der Waals surface area contributed by atoms with Crippen molar-refractivity contribution in [1.82, 2.24) is 10.3 Å². The van der Waals surface area contributed by atoms with E-state index in [4.69, 9.17) is 11.6 Å². The van der Waals surface area contributed by atoms with Gasteiger partial charge in [0, 0.05) is 40.4 Å². The molecule has 0 spiro atoms. The van der Waals surface area contributed by atoms with E-state index in [0.717, 1.165) is 10.8 Å². The van der Waals surface area contributed by atoms with Crippen molar-refractivity contribution in [3.63, 3.8) is 0 Å². The van der Waals surface area contributed by atoms with E-state index in [9.17, 15) is 9.00 Å². The van der Waals surface area contributed by atoms with Crippen LogP contribution in [-0.4, -0.2) is 33.2 Å². The van der Waals surface area contributed by atoms with Crippen LogP contribution < -0.4 is 5.32 Å². The van der Waals surface area contributed by atoms with Crippen molar-refractivity contribution in [1.29, 1.82) is 0 Å². The topological polar surface area (TPSA) is 59.1 Å². The van der Waals surface area contributed by atoms with Crippen molar-refractivity contribution in [3.8, 4) is 0 Å². The van der Waals surface area contributed by atoms with Gasteiger partial charge in [-0.2, -0.15) is 0 Å². The second-order valence-corrected chi connectivity index (χ2v) is 6.46. The lowest BCUT2D eigenvalue weighted by Gasteiger charge is -2.13. The minimum absolute atomic E-state index is 0.164. The number of amides is 1. The number of rotatable bonds is 4. The molecule has 0 aliphatic heterocycles. The van der Waals surface area contributed by atoms with Crippen LogP contribution in [0.15, 0.2) is 30.5 Å². The van der Waals surface area contributed by atoms with Gasteiger partial charge in [0.05, 0.1) is 5.56 Å². The largest absolute Gasteiger partial charge is 0.349 e. The quantitative estimate of drug-likeness (QED) is 0.882. The zero-order valence-corrected chi connectivity index (χ0v) is 12.8. The van der Waals surface area contributed by atoms with E-state index in [0.29, 0.717) is 16.5 Å². The van der Waals surface area contributed by atoms with E-state index < -0.39 is 10.8 Å². The van der Waals surface area contributed by atoms with Gasteiger partial charge >= 0.3 is 0 Å². The summed E-state index contributed by atoms with van der Waals surface area (Å²) >= 11 is 6.03. The molecule has 0 radical (unpaired) electrons. The Morgan fingerprint density at radius 3 is 2.70 bits per heavy atom. The van der Waals surface area contributed by atoms with Gasteiger partial charge < -0.3 is 5.32 Å². The van der Waals surface area contributed by atoms with Gasteiger partial charge in [0.25, 0.3) is 5.91 Å². The Balaban J connectivity index is 2.31. The number of halogens is 1. The molecule has 1 amide bonds. The molecule has 1 aromatic heterocycles. The van der Waals surface area contributed by atoms with Gasteiger partial charge in [0.2, 0.25) is 0 Å². The molecule has 6 heteroatoms. The maximum absolute atomic E-state index is 12.3. The molecule has 0 fully saturated rings. The Hall–Kier alpha value is -1.46. The maximum atomic E-state index is 12.3. The molecule has 0 bridgehead atoms. The van der Waals surface area contributed by atoms with Crippen LogP contribution in [0.4, 0.5) is 0 Å². The molecular weight excluding hydrogens is 296 g/mol. The number of nitrogens with one attached hydrogen (secondary N) is 1. The average Bonchev–Trinajstić information content (AvgIpc) is 2.38. The van der Waals surface area contributed by atoms with Crippen molar-refractivity contribution in [3.05, 3.63) is 41.2 Å². The highest BCUT2D eigenvalue weighted by atomic mass is 35.5. The van der Waals surface area contributed by atoms with E-state index in [1.165, 1.54) is 6.20 Å². The Bertz CT molecular complexity index is 675. The van der Waals surface area contributed by atoms with Crippen molar-refractivity contribution in [2.24, 2.45) is 0 Å². The van der Waals surface area contributed by atoms with Gasteiger partial charge in [-0.25, -0.2) is 4.98 Å². The second-order valence-electron chi connectivity index (χ2n) is 4.62. The molecule has 1 aromatic carbocycles. The fourth-order valence-electron chi connectivity index (χ4n) is 2.03. The summed E-state index contributed by atoms with van der Waals surface area (Å²) in [5, 5.41) is 4.70. The third kappa shape index (κ3) is 3.35. The third-order valence-corrected chi connectivity index (χ3v) is 4.12. The molecular formula is C14H15ClN2O2S. The monoisotopic (exact) mass is 310 g/mol. The van der Waals surface area contributed by atoms with Crippen LogP contribution in [0.1, 0.15) is 17.3 Å². The smallest absolute Gasteiger partial charge is 0.253 e. The second kappa shape index (κ2) is 6.33. The van der Waals surface area contributed by atoms with Crippen LogP contribution in [0, 0.1) is 0 Å². The van der Waals surface area contributed by atoms with Crippen molar-refractivity contribution in [2.45, 2.75) is 13.0 Å². The fraction of sp³-hybridized carbons (Fsp3) is 0.286. The Kier molecular flexibility index (Phi) is 4.73. The summed E-state index contributed by atoms with van der Waals surface area (Å²) in [4.78, 5) is 16.3. The third-order valence-electron chi connectivity index (χ3n) is 2.85. The summed E-state index contributed by atoms with van der Waals surface area (Å²) in [5.74, 6) is 0.188. The number of carbonyl (C=O) groups is 1. The molecule has 0 saturated carbocycles. The van der Waals surface area contributed by atoms with Crippen LogP contribution in [0.5, 0.6) is 0 Å². The number of hydrogen-bond donors (Lipinski definition) is 1. The van der Waals surface area contributed by atoms with Gasteiger partial charge in [-0.3, -0.25) is 9.00 Å². The molecule has 0 saturated heterocycles. The minimum atomic E-state index is -0.951. The first kappa shape index (κ1) is 14.9. The van der Waals surface area contributed by atoms with Crippen LogP contribution in [0.3, 0.4) is 0 Å². The molecule has 2 unspecified atom stereocenters. The molecule has 20 heavy (non-hydrogen) atoms. The molecule has 2 aromatic rings. The van der Waals surface area contributed by atoms with Gasteiger partial charge in [-0.05, 0) is 12.3 Å². The lowest BCUT2D eigenvalue weighted by Crippen LogP contribution is -2.36. The molecule has 1 N–H and O–H groups in total. The molecule has 2 atom stereocenters. The van der Waals surface area contributed by atoms with Crippen molar-refractivity contribution >= 4 is 39.1 Å². The molecule has 1 heterocycles. The SMILES string of the molecule is CC(CS(C)=O)NC(=O)c1cnc(Cl)c2ccccc12. The summed E-state index contributed by atoms with van der Waals surface area (Å²) in [7, 11) is -0.951. The highest BCUT2D eigenvalue weighted by molar-refractivity contribution is 7.84. The summed E-state index contributed by atoms with van der Waals surface area (Å²) in [5.41, 5.74) is 0.471. The van der Waals surface area contributed by atoms with Gasteiger partial charge in [0.1, 0.15) is 5.15 Å². The van der Waals surface area contributed by atoms with Crippen LogP contribution in [-0.2, 0) is 10.8 Å². The first-order valence-electron chi connectivity index (χ1n) is 6.13. The number of aromatic nitrogens is 1. The van der Waals surface area contributed by atoms with E-state index in [1.807, 2.05) is 31.2 Å². The maximum Gasteiger partial charge on any atom is 0.253 e. The van der Waals surface area contributed by atoms with Crippen LogP contribution >= 0.6 is 11.6 Å². The zero-order valence-electron chi connectivity index (χ0n) is 11.2. The number of nitrogens with zero attached hydrogens (tertiary/aromatic N) is 1. The highest BCUT2D eigenvalue weighted by Gasteiger charge is 2.15. The van der Waals surface area contributed by atoms with E-state index in [2.05, 4.69) is 10.3 Å².